The van der Waals surface area contributed by atoms with Crippen molar-refractivity contribution in [2.75, 3.05) is 31.2 Å². The lowest BCUT2D eigenvalue weighted by atomic mass is 9.33. The summed E-state index contributed by atoms with van der Waals surface area (Å²) in [5, 5.41) is 0. The third-order valence-electron chi connectivity index (χ3n) is 14.2. The minimum Gasteiger partial charge on any atom is -0.457 e. The van der Waals surface area contributed by atoms with Crippen molar-refractivity contribution in [3.8, 4) is 22.6 Å². The van der Waals surface area contributed by atoms with Gasteiger partial charge in [0, 0.05) is 63.7 Å². The normalized spacial score (nSPS) is 13.9. The second kappa shape index (κ2) is 18.1. The van der Waals surface area contributed by atoms with Gasteiger partial charge >= 0.3 is 0 Å². The number of hydrogen-bond donors (Lipinski definition) is 0. The van der Waals surface area contributed by atoms with Gasteiger partial charge in [0.2, 0.25) is 0 Å². The first-order valence-corrected chi connectivity index (χ1v) is 24.8. The van der Waals surface area contributed by atoms with Gasteiger partial charge in [-0.05, 0) is 125 Å². The van der Waals surface area contributed by atoms with Gasteiger partial charge in [0.25, 0.3) is 6.71 Å². The van der Waals surface area contributed by atoms with Crippen molar-refractivity contribution in [2.24, 2.45) is 0 Å². The van der Waals surface area contributed by atoms with E-state index in [2.05, 4.69) is 170 Å². The van der Waals surface area contributed by atoms with Gasteiger partial charge in [-0.1, -0.05) is 152 Å². The van der Waals surface area contributed by atoms with E-state index in [-0.39, 0.29) is 36.4 Å². The molecule has 14 rings (SSSR count). The first kappa shape index (κ1) is 38.0. The molecule has 0 bridgehead atoms. The third-order valence-corrected chi connectivity index (χ3v) is 14.2. The van der Waals surface area contributed by atoms with Crippen LogP contribution in [0.2, 0.25) is 0 Å². The Morgan fingerprint density at radius 3 is 1.62 bits per heavy atom. The Kier molecular flexibility index (Phi) is 9.29. The number of pyridine rings is 1. The van der Waals surface area contributed by atoms with Crippen LogP contribution in [0.1, 0.15) is 6.85 Å². The summed E-state index contributed by atoms with van der Waals surface area (Å²) in [6.07, 6.45) is 1.83. The topological polar surface area (TPSA) is 38.3 Å². The van der Waals surface area contributed by atoms with E-state index in [4.69, 9.17) is 16.6 Å². The van der Waals surface area contributed by atoms with Crippen LogP contribution in [0, 0.1) is 0 Å². The lowest BCUT2D eigenvalue weighted by Gasteiger charge is -2.44. The molecular formula is C66H47BN6O. The fourth-order valence-corrected chi connectivity index (χ4v) is 11.1. The predicted molar refractivity (Wildman–Crippen MR) is 307 cm³/mol. The average molecular weight is 956 g/mol. The predicted octanol–water partition coefficient (Wildman–Crippen LogP) is 15.3. The smallest absolute Gasteiger partial charge is 0.252 e. The summed E-state index contributed by atoms with van der Waals surface area (Å²) in [4.78, 5) is 16.4. The SMILES string of the molecule is [2H]c1c([2H])c([2H])c(-c2ccccc2N2CN(c3cccc(Oc4cccc(N(c5cc6c7c(c5)N(c5ccccc5)c5ccccc5B7c5ccccc5N6c5ccccc5)c5ccccn5)c4)c3)c3ccccc32)c([2H])c1[2H]. The summed E-state index contributed by atoms with van der Waals surface area (Å²) in [5.74, 6) is 2.00. The Labute approximate surface area is 438 Å². The first-order chi connectivity index (χ1) is 38.8. The molecule has 0 saturated heterocycles. The molecular weight excluding hydrogens is 904 g/mol. The molecule has 3 aliphatic rings. The van der Waals surface area contributed by atoms with Crippen molar-refractivity contribution in [2.45, 2.75) is 0 Å². The van der Waals surface area contributed by atoms with E-state index in [1.165, 1.54) is 16.4 Å². The van der Waals surface area contributed by atoms with E-state index in [0.717, 1.165) is 74.1 Å². The zero-order chi connectivity index (χ0) is 53.3. The standard InChI is InChI=1S/C66H47BN6O/c1-4-22-47(23-5-1)55-32-10-13-35-58(55)70-46-69(61-38-16-17-39-62(61)70)50-28-20-30-53(42-50)74-54-31-21-29-51(43-54)71(65-40-18-19-41-68-65)52-44-63-66-64(45-52)73(49-26-8-3-9-27-49)60-37-15-12-34-57(60)67(66)56-33-11-14-36-59(56)72(63)48-24-6-2-7-25-48/h1-45H,46H2/i1D,4D,5D,22D,23D. The fourth-order valence-electron chi connectivity index (χ4n) is 11.1. The molecule has 0 fully saturated rings. The molecule has 3 aliphatic heterocycles. The van der Waals surface area contributed by atoms with Crippen LogP contribution in [-0.4, -0.2) is 18.4 Å². The maximum Gasteiger partial charge on any atom is 0.252 e. The summed E-state index contributed by atoms with van der Waals surface area (Å²) in [6, 6.07) is 79.6. The number of fused-ring (bicyclic) bond motifs is 5. The molecule has 8 heteroatoms. The zero-order valence-corrected chi connectivity index (χ0v) is 40.0. The Morgan fingerprint density at radius 2 is 0.973 bits per heavy atom. The number of para-hydroxylation sites is 7. The van der Waals surface area contributed by atoms with E-state index >= 15 is 0 Å². The molecule has 0 saturated carbocycles. The van der Waals surface area contributed by atoms with E-state index in [1.54, 1.807) is 0 Å². The average Bonchev–Trinajstić information content (AvgIpc) is 3.44. The molecule has 0 amide bonds. The summed E-state index contributed by atoms with van der Waals surface area (Å²) < 4.78 is 49.7. The highest BCUT2D eigenvalue weighted by Gasteiger charge is 2.44. The molecule has 0 unspecified atom stereocenters. The van der Waals surface area contributed by atoms with Crippen LogP contribution in [0.25, 0.3) is 11.1 Å². The molecule has 0 aliphatic carbocycles. The summed E-state index contributed by atoms with van der Waals surface area (Å²) in [5.41, 5.74) is 16.1. The molecule has 7 nitrogen and oxygen atoms in total. The van der Waals surface area contributed by atoms with Gasteiger partial charge in [-0.15, -0.1) is 0 Å². The van der Waals surface area contributed by atoms with Crippen molar-refractivity contribution >= 4 is 97.2 Å². The number of benzene rings is 10. The van der Waals surface area contributed by atoms with E-state index < -0.39 is 6.04 Å². The fraction of sp³-hybridized carbons (Fsp3) is 0.0152. The van der Waals surface area contributed by atoms with Crippen LogP contribution in [0.3, 0.4) is 0 Å². The number of nitrogens with zero attached hydrogens (tertiary/aromatic N) is 6. The minimum absolute atomic E-state index is 0.0354. The molecule has 4 heterocycles. The number of anilines is 13. The van der Waals surface area contributed by atoms with Crippen LogP contribution in [-0.2, 0) is 0 Å². The van der Waals surface area contributed by atoms with Crippen molar-refractivity contribution in [3.63, 3.8) is 0 Å². The molecule has 0 N–H and O–H groups in total. The van der Waals surface area contributed by atoms with Crippen molar-refractivity contribution in [1.29, 1.82) is 0 Å². The van der Waals surface area contributed by atoms with Crippen LogP contribution in [0.5, 0.6) is 11.5 Å². The van der Waals surface area contributed by atoms with E-state index in [0.29, 0.717) is 23.7 Å². The quantitative estimate of drug-likeness (QED) is 0.126. The maximum absolute atomic E-state index is 8.85. The molecule has 1 aromatic heterocycles. The van der Waals surface area contributed by atoms with Gasteiger partial charge in [-0.2, -0.15) is 0 Å². The zero-order valence-electron chi connectivity index (χ0n) is 45.0. The largest absolute Gasteiger partial charge is 0.457 e. The Bertz CT molecular complexity index is 4030. The van der Waals surface area contributed by atoms with Crippen molar-refractivity contribution in [3.05, 3.63) is 273 Å². The monoisotopic (exact) mass is 955 g/mol. The molecule has 0 radical (unpaired) electrons. The van der Waals surface area contributed by atoms with Crippen LogP contribution < -0.4 is 45.6 Å². The second-order valence-electron chi connectivity index (χ2n) is 18.4. The Hall–Kier alpha value is -9.79. The maximum atomic E-state index is 8.85. The van der Waals surface area contributed by atoms with E-state index in [9.17, 15) is 0 Å². The molecule has 350 valence electrons. The van der Waals surface area contributed by atoms with Crippen molar-refractivity contribution in [1.82, 2.24) is 4.98 Å². The number of rotatable bonds is 10. The van der Waals surface area contributed by atoms with Gasteiger partial charge in [-0.25, -0.2) is 4.98 Å². The third kappa shape index (κ3) is 7.34. The highest BCUT2D eigenvalue weighted by atomic mass is 16.5. The molecule has 11 aromatic rings. The van der Waals surface area contributed by atoms with Crippen LogP contribution >= 0.6 is 0 Å². The number of aromatic nitrogens is 1. The summed E-state index contributed by atoms with van der Waals surface area (Å²) in [6.45, 7) is 0.351. The van der Waals surface area contributed by atoms with E-state index in [1.807, 2.05) is 97.2 Å². The van der Waals surface area contributed by atoms with Gasteiger partial charge in [0.1, 0.15) is 24.0 Å². The summed E-state index contributed by atoms with van der Waals surface area (Å²) >= 11 is 0. The highest BCUT2D eigenvalue weighted by molar-refractivity contribution is 7.00. The molecule has 10 aromatic carbocycles. The lowest BCUT2D eigenvalue weighted by Crippen LogP contribution is -2.61. The number of ether oxygens (including phenoxy) is 1. The lowest BCUT2D eigenvalue weighted by molar-refractivity contribution is 0.483. The van der Waals surface area contributed by atoms with Crippen LogP contribution in [0.15, 0.2) is 273 Å². The van der Waals surface area contributed by atoms with Crippen LogP contribution in [0.4, 0.5) is 74.1 Å². The van der Waals surface area contributed by atoms with Gasteiger partial charge < -0.3 is 24.3 Å². The molecule has 0 spiro atoms. The molecule has 0 atom stereocenters. The second-order valence-corrected chi connectivity index (χ2v) is 18.4. The van der Waals surface area contributed by atoms with Gasteiger partial charge in [0.15, 0.2) is 0 Å². The van der Waals surface area contributed by atoms with Crippen molar-refractivity contribution < 1.29 is 11.6 Å². The first-order valence-electron chi connectivity index (χ1n) is 27.3. The Balaban J connectivity index is 0.864. The minimum atomic E-state index is -0.421. The summed E-state index contributed by atoms with van der Waals surface area (Å²) in [7, 11) is 0. The Morgan fingerprint density at radius 1 is 0.432 bits per heavy atom. The number of hydrogen-bond acceptors (Lipinski definition) is 7. The van der Waals surface area contributed by atoms with Gasteiger partial charge in [-0.3, -0.25) is 4.90 Å². The highest BCUT2D eigenvalue weighted by Crippen LogP contribution is 2.50. The molecule has 74 heavy (non-hydrogen) atoms. The van der Waals surface area contributed by atoms with Gasteiger partial charge in [0.05, 0.1) is 35.3 Å².